The van der Waals surface area contributed by atoms with Crippen molar-refractivity contribution >= 4 is 23.4 Å². The number of carbonyl (C=O) groups is 1. The third-order valence-corrected chi connectivity index (χ3v) is 6.96. The van der Waals surface area contributed by atoms with Crippen LogP contribution in [-0.2, 0) is 9.53 Å². The first-order valence-electron chi connectivity index (χ1n) is 11.6. The molecule has 188 valence electrons. The molecule has 0 unspecified atom stereocenters. The number of carbonyl (C=O) groups excluding carboxylic acids is 1. The van der Waals surface area contributed by atoms with Crippen molar-refractivity contribution in [3.8, 4) is 17.1 Å². The zero-order valence-electron chi connectivity index (χ0n) is 20.4. The Morgan fingerprint density at radius 3 is 2.54 bits per heavy atom. The normalized spacial score (nSPS) is 15.4. The number of thiazole rings is 1. The zero-order valence-corrected chi connectivity index (χ0v) is 21.2. The summed E-state index contributed by atoms with van der Waals surface area (Å²) >= 11 is 1.21. The molecule has 0 saturated heterocycles. The molecular formula is C28H23FN2O5S. The lowest BCUT2D eigenvalue weighted by molar-refractivity contribution is -0.139. The van der Waals surface area contributed by atoms with Crippen LogP contribution in [0.4, 0.5) is 4.39 Å². The maximum atomic E-state index is 13.7. The van der Waals surface area contributed by atoms with E-state index in [9.17, 15) is 14.0 Å². The third-order valence-electron chi connectivity index (χ3n) is 5.98. The molecule has 0 spiro atoms. The molecule has 3 heterocycles. The van der Waals surface area contributed by atoms with Gasteiger partial charge in [0.1, 0.15) is 23.1 Å². The summed E-state index contributed by atoms with van der Waals surface area (Å²) < 4.78 is 31.7. The Morgan fingerprint density at radius 2 is 1.86 bits per heavy atom. The number of halogens is 1. The standard InChI is InChI=1S/C28H23FN2O5S/c1-4-35-27(33)24-16(2)30-28-31(25(24)18-7-11-20(34-3)12-8-18)26(32)23(37-28)15-21-13-14-22(36-21)17-5-9-19(29)10-6-17/h5-15,25H,4H2,1-3H3/b23-15-/t25-/m0/s1. The first-order chi connectivity index (χ1) is 17.9. The lowest BCUT2D eigenvalue weighted by Gasteiger charge is -2.24. The summed E-state index contributed by atoms with van der Waals surface area (Å²) in [6.07, 6.45) is 1.64. The molecule has 0 amide bonds. The largest absolute Gasteiger partial charge is 0.497 e. The van der Waals surface area contributed by atoms with E-state index in [0.717, 1.165) is 11.1 Å². The first-order valence-corrected chi connectivity index (χ1v) is 12.4. The van der Waals surface area contributed by atoms with Crippen LogP contribution in [0.5, 0.6) is 5.75 Å². The Morgan fingerprint density at radius 1 is 1.14 bits per heavy atom. The fourth-order valence-electron chi connectivity index (χ4n) is 4.22. The molecule has 0 N–H and O–H groups in total. The van der Waals surface area contributed by atoms with Crippen molar-refractivity contribution in [2.24, 2.45) is 4.99 Å². The summed E-state index contributed by atoms with van der Waals surface area (Å²) in [5.74, 6) is 0.821. The Labute approximate surface area is 215 Å². The van der Waals surface area contributed by atoms with E-state index in [0.29, 0.717) is 37.9 Å². The van der Waals surface area contributed by atoms with Gasteiger partial charge in [-0.1, -0.05) is 23.5 Å². The second kappa shape index (κ2) is 10.0. The molecule has 1 aliphatic heterocycles. The number of ether oxygens (including phenoxy) is 2. The number of hydrogen-bond acceptors (Lipinski definition) is 7. The first kappa shape index (κ1) is 24.5. The van der Waals surface area contributed by atoms with E-state index in [1.165, 1.54) is 28.0 Å². The molecular weight excluding hydrogens is 495 g/mol. The van der Waals surface area contributed by atoms with Crippen molar-refractivity contribution in [1.29, 1.82) is 0 Å². The topological polar surface area (TPSA) is 83.0 Å². The SMILES string of the molecule is CCOC(=O)C1=C(C)N=c2s/c(=C\c3ccc(-c4ccc(F)cc4)o3)c(=O)n2[C@H]1c1ccc(OC)cc1. The van der Waals surface area contributed by atoms with Crippen LogP contribution < -0.4 is 19.6 Å². The van der Waals surface area contributed by atoms with Crippen LogP contribution in [0.3, 0.4) is 0 Å². The molecule has 1 aliphatic rings. The van der Waals surface area contributed by atoms with Crippen molar-refractivity contribution < 1.29 is 23.1 Å². The van der Waals surface area contributed by atoms with Crippen LogP contribution in [0, 0.1) is 5.82 Å². The number of fused-ring (bicyclic) bond motifs is 1. The molecule has 2 aromatic carbocycles. The van der Waals surface area contributed by atoms with E-state index in [1.54, 1.807) is 63.4 Å². The summed E-state index contributed by atoms with van der Waals surface area (Å²) in [7, 11) is 1.57. The molecule has 0 aliphatic carbocycles. The number of aromatic nitrogens is 1. The van der Waals surface area contributed by atoms with Gasteiger partial charge in [-0.05, 0) is 67.9 Å². The Hall–Kier alpha value is -4.24. The van der Waals surface area contributed by atoms with Crippen LogP contribution in [0.15, 0.2) is 86.1 Å². The zero-order chi connectivity index (χ0) is 26.1. The quantitative estimate of drug-likeness (QED) is 0.357. The van der Waals surface area contributed by atoms with Gasteiger partial charge in [0.25, 0.3) is 5.56 Å². The van der Waals surface area contributed by atoms with E-state index < -0.39 is 12.0 Å². The molecule has 5 rings (SSSR count). The van der Waals surface area contributed by atoms with Gasteiger partial charge in [-0.3, -0.25) is 9.36 Å². The Balaban J connectivity index is 1.62. The summed E-state index contributed by atoms with van der Waals surface area (Å²) in [5, 5.41) is 0. The predicted molar refractivity (Wildman–Crippen MR) is 137 cm³/mol. The van der Waals surface area contributed by atoms with Crippen LogP contribution in [0.2, 0.25) is 0 Å². The molecule has 9 heteroatoms. The lowest BCUT2D eigenvalue weighted by atomic mass is 9.96. The second-order valence-electron chi connectivity index (χ2n) is 8.28. The minimum absolute atomic E-state index is 0.199. The van der Waals surface area contributed by atoms with Gasteiger partial charge < -0.3 is 13.9 Å². The molecule has 0 fully saturated rings. The summed E-state index contributed by atoms with van der Waals surface area (Å²) in [6.45, 7) is 3.67. The number of nitrogens with zero attached hydrogens (tertiary/aromatic N) is 2. The number of furan rings is 1. The molecule has 0 radical (unpaired) electrons. The van der Waals surface area contributed by atoms with Gasteiger partial charge in [-0.15, -0.1) is 0 Å². The van der Waals surface area contributed by atoms with Gasteiger partial charge in [-0.2, -0.15) is 0 Å². The smallest absolute Gasteiger partial charge is 0.338 e. The molecule has 7 nitrogen and oxygen atoms in total. The maximum Gasteiger partial charge on any atom is 0.338 e. The monoisotopic (exact) mass is 518 g/mol. The number of esters is 1. The Bertz CT molecular complexity index is 1680. The van der Waals surface area contributed by atoms with E-state index in [2.05, 4.69) is 4.99 Å². The van der Waals surface area contributed by atoms with Crippen LogP contribution >= 0.6 is 11.3 Å². The summed E-state index contributed by atoms with van der Waals surface area (Å²) in [5.41, 5.74) is 1.93. The number of rotatable bonds is 6. The molecule has 0 saturated carbocycles. The average Bonchev–Trinajstić information content (AvgIpc) is 3.48. The van der Waals surface area contributed by atoms with Crippen LogP contribution in [-0.4, -0.2) is 24.3 Å². The van der Waals surface area contributed by atoms with E-state index >= 15 is 0 Å². The van der Waals surface area contributed by atoms with Crippen LogP contribution in [0.25, 0.3) is 17.4 Å². The number of hydrogen-bond donors (Lipinski definition) is 0. The van der Waals surface area contributed by atoms with Gasteiger partial charge in [0.05, 0.1) is 35.6 Å². The number of allylic oxidation sites excluding steroid dienone is 1. The van der Waals surface area contributed by atoms with Crippen LogP contribution in [0.1, 0.15) is 31.2 Å². The second-order valence-corrected chi connectivity index (χ2v) is 9.29. The van der Waals surface area contributed by atoms with Gasteiger partial charge in [0.15, 0.2) is 4.80 Å². The molecule has 37 heavy (non-hydrogen) atoms. The minimum Gasteiger partial charge on any atom is -0.497 e. The van der Waals surface area contributed by atoms with E-state index in [4.69, 9.17) is 13.9 Å². The highest BCUT2D eigenvalue weighted by atomic mass is 32.1. The van der Waals surface area contributed by atoms with Gasteiger partial charge in [0.2, 0.25) is 0 Å². The molecule has 1 atom stereocenters. The maximum absolute atomic E-state index is 13.7. The fourth-order valence-corrected chi connectivity index (χ4v) is 5.25. The van der Waals surface area contributed by atoms with Crippen molar-refractivity contribution in [2.75, 3.05) is 13.7 Å². The highest BCUT2D eigenvalue weighted by Gasteiger charge is 2.33. The number of benzene rings is 2. The molecule has 4 aromatic rings. The van der Waals surface area contributed by atoms with Crippen molar-refractivity contribution in [2.45, 2.75) is 19.9 Å². The van der Waals surface area contributed by atoms with Gasteiger partial charge in [-0.25, -0.2) is 14.2 Å². The third kappa shape index (κ3) is 4.65. The number of methoxy groups -OCH3 is 1. The van der Waals surface area contributed by atoms with Crippen molar-refractivity contribution in [3.63, 3.8) is 0 Å². The van der Waals surface area contributed by atoms with Gasteiger partial charge >= 0.3 is 5.97 Å². The van der Waals surface area contributed by atoms with E-state index in [-0.39, 0.29) is 18.0 Å². The highest BCUT2D eigenvalue weighted by Crippen LogP contribution is 2.31. The molecule has 2 aromatic heterocycles. The predicted octanol–water partition coefficient (Wildman–Crippen LogP) is 4.21. The van der Waals surface area contributed by atoms with Crippen molar-refractivity contribution in [1.82, 2.24) is 4.57 Å². The fraction of sp³-hybridized carbons (Fsp3) is 0.179. The Kier molecular flexibility index (Phi) is 6.62. The van der Waals surface area contributed by atoms with E-state index in [1.807, 2.05) is 12.1 Å². The summed E-state index contributed by atoms with van der Waals surface area (Å²) in [6, 6.07) is 16.0. The highest BCUT2D eigenvalue weighted by molar-refractivity contribution is 7.07. The lowest BCUT2D eigenvalue weighted by Crippen LogP contribution is -2.39. The summed E-state index contributed by atoms with van der Waals surface area (Å²) in [4.78, 5) is 31.7. The minimum atomic E-state index is -0.713. The van der Waals surface area contributed by atoms with Gasteiger partial charge in [0, 0.05) is 11.6 Å². The van der Waals surface area contributed by atoms with Crippen molar-refractivity contribution in [3.05, 3.63) is 109 Å². The molecule has 0 bridgehead atoms. The average molecular weight is 519 g/mol.